The minimum absolute atomic E-state index is 0.191. The predicted octanol–water partition coefficient (Wildman–Crippen LogP) is 2.97. The number of Topliss-reactive ketones (excluding diaryl/α,β-unsaturated/α-hetero) is 1. The molecule has 6 heteroatoms. The molecule has 1 aliphatic heterocycles. The normalized spacial score (nSPS) is 29.1. The van der Waals surface area contributed by atoms with Crippen LogP contribution < -0.4 is 5.73 Å². The highest BCUT2D eigenvalue weighted by Crippen LogP contribution is 2.52. The standard InChI is InChI=1S/C21H20FN3O2/c22-19-16(2-1-7-24-19)12-3-4-13-8-14-9-15(26)5-6-17(14)21(18(13)10-12)11-27-20(23)25-21/h1-4,7,10,14,17H,5-6,8-9,11H2,(H2,23,25)/t14-,17-,21?/m1/s1. The molecular weight excluding hydrogens is 345 g/mol. The summed E-state index contributed by atoms with van der Waals surface area (Å²) in [7, 11) is 0. The van der Waals surface area contributed by atoms with Gasteiger partial charge < -0.3 is 10.5 Å². The SMILES string of the molecule is NC1=NC2(CO1)c1cc(-c3cccnc3F)ccc1C[C@@H]1CC(=O)CC[C@H]12. The molecule has 2 heterocycles. The number of carbonyl (C=O) groups is 1. The molecule has 1 fully saturated rings. The smallest absolute Gasteiger partial charge is 0.283 e. The van der Waals surface area contributed by atoms with Crippen LogP contribution in [0, 0.1) is 17.8 Å². The van der Waals surface area contributed by atoms with Crippen LogP contribution in [0.4, 0.5) is 4.39 Å². The van der Waals surface area contributed by atoms with Gasteiger partial charge in [-0.1, -0.05) is 12.1 Å². The van der Waals surface area contributed by atoms with Gasteiger partial charge in [-0.15, -0.1) is 0 Å². The number of nitrogens with zero attached hydrogens (tertiary/aromatic N) is 2. The second-order valence-corrected chi connectivity index (χ2v) is 7.73. The number of aromatic nitrogens is 1. The van der Waals surface area contributed by atoms with Crippen LogP contribution in [0.5, 0.6) is 0 Å². The van der Waals surface area contributed by atoms with Crippen LogP contribution in [0.1, 0.15) is 30.4 Å². The Balaban J connectivity index is 1.68. The van der Waals surface area contributed by atoms with Gasteiger partial charge in [-0.05, 0) is 59.6 Å². The summed E-state index contributed by atoms with van der Waals surface area (Å²) >= 11 is 0. The molecule has 27 heavy (non-hydrogen) atoms. The van der Waals surface area contributed by atoms with Gasteiger partial charge in [-0.2, -0.15) is 4.39 Å². The Labute approximate surface area is 156 Å². The van der Waals surface area contributed by atoms with Crippen molar-refractivity contribution in [2.45, 2.75) is 31.2 Å². The number of rotatable bonds is 1. The fraction of sp³-hybridized carbons (Fsp3) is 0.381. The molecule has 0 amide bonds. The fourth-order valence-electron chi connectivity index (χ4n) is 5.11. The number of aliphatic imine (C=N–C) groups is 1. The highest BCUT2D eigenvalue weighted by Gasteiger charge is 2.53. The van der Waals surface area contributed by atoms with Crippen molar-refractivity contribution in [1.82, 2.24) is 4.98 Å². The lowest BCUT2D eigenvalue weighted by molar-refractivity contribution is -0.123. The summed E-state index contributed by atoms with van der Waals surface area (Å²) < 4.78 is 19.8. The molecule has 2 N–H and O–H groups in total. The third-order valence-electron chi connectivity index (χ3n) is 6.28. The molecule has 0 saturated heterocycles. The van der Waals surface area contributed by atoms with Crippen LogP contribution in [0.2, 0.25) is 0 Å². The van der Waals surface area contributed by atoms with Crippen LogP contribution in [0.15, 0.2) is 41.5 Å². The molecule has 1 aromatic heterocycles. The lowest BCUT2D eigenvalue weighted by Crippen LogP contribution is -2.47. The summed E-state index contributed by atoms with van der Waals surface area (Å²) in [6, 6.07) is 9.60. The number of ether oxygens (including phenoxy) is 1. The van der Waals surface area contributed by atoms with Crippen molar-refractivity contribution in [3.8, 4) is 11.1 Å². The number of pyridine rings is 1. The van der Waals surface area contributed by atoms with E-state index in [9.17, 15) is 9.18 Å². The first-order valence-electron chi connectivity index (χ1n) is 9.31. The van der Waals surface area contributed by atoms with Gasteiger partial charge in [0.1, 0.15) is 17.9 Å². The number of hydrogen-bond donors (Lipinski definition) is 1. The molecule has 3 aliphatic rings. The molecule has 138 valence electrons. The minimum atomic E-state index is -0.586. The molecule has 5 nitrogen and oxygen atoms in total. The van der Waals surface area contributed by atoms with Crippen molar-refractivity contribution in [2.75, 3.05) is 6.61 Å². The molecule has 5 rings (SSSR count). The van der Waals surface area contributed by atoms with E-state index in [0.717, 1.165) is 29.5 Å². The molecule has 0 bridgehead atoms. The van der Waals surface area contributed by atoms with Crippen molar-refractivity contribution < 1.29 is 13.9 Å². The van der Waals surface area contributed by atoms with Gasteiger partial charge in [0, 0.05) is 24.6 Å². The van der Waals surface area contributed by atoms with Crippen molar-refractivity contribution in [3.05, 3.63) is 53.6 Å². The van der Waals surface area contributed by atoms with E-state index in [1.54, 1.807) is 12.1 Å². The topological polar surface area (TPSA) is 77.6 Å². The second-order valence-electron chi connectivity index (χ2n) is 7.73. The number of carbonyl (C=O) groups excluding carboxylic acids is 1. The summed E-state index contributed by atoms with van der Waals surface area (Å²) in [5.74, 6) is 0.282. The highest BCUT2D eigenvalue weighted by molar-refractivity contribution is 5.80. The molecule has 1 unspecified atom stereocenters. The fourth-order valence-corrected chi connectivity index (χ4v) is 5.11. The zero-order valence-corrected chi connectivity index (χ0v) is 14.8. The van der Waals surface area contributed by atoms with Crippen LogP contribution in [0.25, 0.3) is 11.1 Å². The van der Waals surface area contributed by atoms with E-state index >= 15 is 0 Å². The van der Waals surface area contributed by atoms with E-state index in [-0.39, 0.29) is 17.9 Å². The van der Waals surface area contributed by atoms with Crippen LogP contribution in [-0.2, 0) is 21.5 Å². The largest absolute Gasteiger partial charge is 0.462 e. The highest BCUT2D eigenvalue weighted by atomic mass is 19.1. The van der Waals surface area contributed by atoms with Gasteiger partial charge >= 0.3 is 0 Å². The lowest BCUT2D eigenvalue weighted by Gasteiger charge is -2.46. The van der Waals surface area contributed by atoms with Gasteiger partial charge in [0.05, 0.1) is 0 Å². The zero-order chi connectivity index (χ0) is 18.6. The number of hydrogen-bond acceptors (Lipinski definition) is 5. The summed E-state index contributed by atoms with van der Waals surface area (Å²) in [4.78, 5) is 20.5. The molecule has 1 aromatic carbocycles. The molecule has 2 aliphatic carbocycles. The van der Waals surface area contributed by atoms with Crippen molar-refractivity contribution in [2.24, 2.45) is 22.6 Å². The molecule has 0 radical (unpaired) electrons. The average Bonchev–Trinajstić information content (AvgIpc) is 3.04. The van der Waals surface area contributed by atoms with Crippen LogP contribution in [0.3, 0.4) is 0 Å². The molecule has 1 saturated carbocycles. The predicted molar refractivity (Wildman–Crippen MR) is 98.4 cm³/mol. The summed E-state index contributed by atoms with van der Waals surface area (Å²) in [6.07, 6.45) is 4.22. The maximum Gasteiger partial charge on any atom is 0.283 e. The van der Waals surface area contributed by atoms with Crippen LogP contribution in [-0.4, -0.2) is 23.4 Å². The summed E-state index contributed by atoms with van der Waals surface area (Å²) in [5.41, 5.74) is 8.74. The third-order valence-corrected chi connectivity index (χ3v) is 6.28. The van der Waals surface area contributed by atoms with E-state index in [4.69, 9.17) is 15.5 Å². The maximum absolute atomic E-state index is 14.2. The Morgan fingerprint density at radius 2 is 2.15 bits per heavy atom. The van der Waals surface area contributed by atoms with E-state index in [1.165, 1.54) is 6.20 Å². The molecule has 3 atom stereocenters. The lowest BCUT2D eigenvalue weighted by atomic mass is 9.59. The number of benzene rings is 1. The average molecular weight is 365 g/mol. The molecule has 1 spiro atoms. The Morgan fingerprint density at radius 1 is 1.26 bits per heavy atom. The van der Waals surface area contributed by atoms with E-state index in [0.29, 0.717) is 30.8 Å². The van der Waals surface area contributed by atoms with E-state index < -0.39 is 11.5 Å². The number of fused-ring (bicyclic) bond motifs is 4. The summed E-state index contributed by atoms with van der Waals surface area (Å²) in [6.45, 7) is 0.375. The van der Waals surface area contributed by atoms with Gasteiger partial charge in [0.2, 0.25) is 5.95 Å². The maximum atomic E-state index is 14.2. The van der Waals surface area contributed by atoms with E-state index in [1.807, 2.05) is 18.2 Å². The Hall–Kier alpha value is -2.76. The van der Waals surface area contributed by atoms with Gasteiger partial charge in [-0.3, -0.25) is 4.79 Å². The van der Waals surface area contributed by atoms with Crippen LogP contribution >= 0.6 is 0 Å². The minimum Gasteiger partial charge on any atom is -0.462 e. The Kier molecular flexibility index (Phi) is 3.57. The van der Waals surface area contributed by atoms with E-state index in [2.05, 4.69) is 4.98 Å². The quantitative estimate of drug-likeness (QED) is 0.788. The summed E-state index contributed by atoms with van der Waals surface area (Å²) in [5, 5.41) is 0. The molecular formula is C21H20FN3O2. The van der Waals surface area contributed by atoms with Gasteiger partial charge in [0.25, 0.3) is 6.02 Å². The number of halogens is 1. The number of amidine groups is 1. The van der Waals surface area contributed by atoms with Gasteiger partial charge in [0.15, 0.2) is 0 Å². The number of nitrogens with two attached hydrogens (primary N) is 1. The first-order chi connectivity index (χ1) is 13.1. The number of ketones is 1. The van der Waals surface area contributed by atoms with Crippen molar-refractivity contribution in [1.29, 1.82) is 0 Å². The van der Waals surface area contributed by atoms with Crippen molar-refractivity contribution in [3.63, 3.8) is 0 Å². The first-order valence-corrected chi connectivity index (χ1v) is 9.31. The Bertz CT molecular complexity index is 974. The third kappa shape index (κ3) is 2.46. The zero-order valence-electron chi connectivity index (χ0n) is 14.8. The molecule has 2 aromatic rings. The Morgan fingerprint density at radius 3 is 2.93 bits per heavy atom. The van der Waals surface area contributed by atoms with Gasteiger partial charge in [-0.25, -0.2) is 9.98 Å². The van der Waals surface area contributed by atoms with Crippen molar-refractivity contribution >= 4 is 11.8 Å². The second kappa shape index (κ2) is 5.87. The first kappa shape index (κ1) is 16.4. The monoisotopic (exact) mass is 365 g/mol.